The molecule has 1 aromatic carbocycles. The van der Waals surface area contributed by atoms with Crippen LogP contribution in [0.3, 0.4) is 0 Å². The zero-order valence-electron chi connectivity index (χ0n) is 9.77. The van der Waals surface area contributed by atoms with Gasteiger partial charge in [-0.05, 0) is 62.9 Å². The maximum absolute atomic E-state index is 12.9. The van der Waals surface area contributed by atoms with E-state index in [1.165, 1.54) is 6.07 Å². The van der Waals surface area contributed by atoms with Gasteiger partial charge < -0.3 is 0 Å². The van der Waals surface area contributed by atoms with Crippen molar-refractivity contribution in [2.24, 2.45) is 0 Å². The van der Waals surface area contributed by atoms with Crippen molar-refractivity contribution < 1.29 is 12.8 Å². The van der Waals surface area contributed by atoms with Crippen LogP contribution in [0.2, 0.25) is 0 Å². The molecule has 19 heavy (non-hydrogen) atoms. The van der Waals surface area contributed by atoms with E-state index in [1.54, 1.807) is 11.3 Å². The molecule has 1 N–H and O–H groups in total. The second-order valence-electron chi connectivity index (χ2n) is 3.85. The predicted octanol–water partition coefficient (Wildman–Crippen LogP) is 3.17. The number of sulfonamides is 1. The summed E-state index contributed by atoms with van der Waals surface area (Å²) in [5.41, 5.74) is 1.09. The standard InChI is InChI=1S/C12H11BrFNO2S2/c13-11-7-10(14)1-2-12(11)19(16,17)15-5-3-9-4-6-18-8-9/h1-2,4,6-8,15H,3,5H2. The minimum Gasteiger partial charge on any atom is -0.211 e. The van der Waals surface area contributed by atoms with Crippen LogP contribution < -0.4 is 4.72 Å². The fourth-order valence-corrected chi connectivity index (χ4v) is 4.32. The van der Waals surface area contributed by atoms with Crippen LogP contribution in [0.25, 0.3) is 0 Å². The first-order valence-electron chi connectivity index (χ1n) is 5.45. The van der Waals surface area contributed by atoms with E-state index in [9.17, 15) is 12.8 Å². The van der Waals surface area contributed by atoms with Gasteiger partial charge in [0.15, 0.2) is 0 Å². The summed E-state index contributed by atoms with van der Waals surface area (Å²) in [5, 5.41) is 3.92. The molecule has 2 aromatic rings. The molecule has 0 radical (unpaired) electrons. The quantitative estimate of drug-likeness (QED) is 0.886. The Morgan fingerprint density at radius 3 is 2.74 bits per heavy atom. The molecule has 0 aliphatic rings. The Hall–Kier alpha value is -0.760. The molecule has 0 atom stereocenters. The van der Waals surface area contributed by atoms with Crippen molar-refractivity contribution in [3.8, 4) is 0 Å². The van der Waals surface area contributed by atoms with Gasteiger partial charge in [-0.1, -0.05) is 0 Å². The fourth-order valence-electron chi connectivity index (χ4n) is 1.54. The number of hydrogen-bond acceptors (Lipinski definition) is 3. The highest BCUT2D eigenvalue weighted by Gasteiger charge is 2.17. The van der Waals surface area contributed by atoms with Crippen LogP contribution in [-0.4, -0.2) is 15.0 Å². The molecule has 0 fully saturated rings. The lowest BCUT2D eigenvalue weighted by Gasteiger charge is -2.08. The average Bonchev–Trinajstić information content (AvgIpc) is 2.81. The van der Waals surface area contributed by atoms with E-state index in [2.05, 4.69) is 20.7 Å². The Morgan fingerprint density at radius 1 is 1.32 bits per heavy atom. The van der Waals surface area contributed by atoms with E-state index in [0.29, 0.717) is 13.0 Å². The molecule has 102 valence electrons. The van der Waals surface area contributed by atoms with Crippen LogP contribution in [0.5, 0.6) is 0 Å². The van der Waals surface area contributed by atoms with E-state index >= 15 is 0 Å². The van der Waals surface area contributed by atoms with Crippen LogP contribution in [0.1, 0.15) is 5.56 Å². The van der Waals surface area contributed by atoms with Gasteiger partial charge in [-0.25, -0.2) is 17.5 Å². The van der Waals surface area contributed by atoms with Crippen molar-refractivity contribution in [2.45, 2.75) is 11.3 Å². The monoisotopic (exact) mass is 363 g/mol. The molecule has 0 aliphatic heterocycles. The number of halogens is 2. The van der Waals surface area contributed by atoms with Gasteiger partial charge in [0, 0.05) is 11.0 Å². The molecule has 0 spiro atoms. The van der Waals surface area contributed by atoms with Gasteiger partial charge in [0.05, 0.1) is 4.90 Å². The summed E-state index contributed by atoms with van der Waals surface area (Å²) in [6, 6.07) is 5.45. The van der Waals surface area contributed by atoms with Gasteiger partial charge in [0.1, 0.15) is 5.82 Å². The maximum atomic E-state index is 12.9. The summed E-state index contributed by atoms with van der Waals surface area (Å²) in [4.78, 5) is 0.0409. The Kier molecular flexibility index (Phi) is 4.72. The van der Waals surface area contributed by atoms with Crippen molar-refractivity contribution in [1.82, 2.24) is 4.72 Å². The van der Waals surface area contributed by atoms with Gasteiger partial charge in [0.25, 0.3) is 0 Å². The van der Waals surface area contributed by atoms with Gasteiger partial charge in [0.2, 0.25) is 10.0 Å². The van der Waals surface area contributed by atoms with E-state index in [0.717, 1.165) is 17.7 Å². The second-order valence-corrected chi connectivity index (χ2v) is 7.22. The summed E-state index contributed by atoms with van der Waals surface area (Å²) in [6.45, 7) is 0.308. The molecule has 7 heteroatoms. The minimum absolute atomic E-state index is 0.0409. The highest BCUT2D eigenvalue weighted by atomic mass is 79.9. The number of benzene rings is 1. The van der Waals surface area contributed by atoms with Crippen LogP contribution >= 0.6 is 27.3 Å². The van der Waals surface area contributed by atoms with Crippen molar-refractivity contribution in [3.05, 3.63) is 50.9 Å². The van der Waals surface area contributed by atoms with Crippen LogP contribution in [0.15, 0.2) is 44.4 Å². The van der Waals surface area contributed by atoms with Gasteiger partial charge in [-0.2, -0.15) is 11.3 Å². The molecule has 3 nitrogen and oxygen atoms in total. The van der Waals surface area contributed by atoms with Gasteiger partial charge in [-0.15, -0.1) is 0 Å². The highest BCUT2D eigenvalue weighted by Crippen LogP contribution is 2.22. The number of nitrogens with one attached hydrogen (secondary N) is 1. The maximum Gasteiger partial charge on any atom is 0.241 e. The number of hydrogen-bond donors (Lipinski definition) is 1. The van der Waals surface area contributed by atoms with Crippen LogP contribution in [0, 0.1) is 5.82 Å². The molecule has 1 aromatic heterocycles. The van der Waals surface area contributed by atoms with Crippen LogP contribution in [-0.2, 0) is 16.4 Å². The Bertz CT molecular complexity index is 656. The first-order valence-corrected chi connectivity index (χ1v) is 8.67. The van der Waals surface area contributed by atoms with Crippen molar-refractivity contribution >= 4 is 37.3 Å². The molecule has 0 amide bonds. The zero-order chi connectivity index (χ0) is 13.9. The van der Waals surface area contributed by atoms with Crippen LogP contribution in [0.4, 0.5) is 4.39 Å². The number of rotatable bonds is 5. The van der Waals surface area contributed by atoms with E-state index < -0.39 is 15.8 Å². The Labute approximate surface area is 123 Å². The van der Waals surface area contributed by atoms with Gasteiger partial charge >= 0.3 is 0 Å². The van der Waals surface area contributed by atoms with Crippen molar-refractivity contribution in [3.63, 3.8) is 0 Å². The molecule has 0 saturated heterocycles. The fraction of sp³-hybridized carbons (Fsp3) is 0.167. The lowest BCUT2D eigenvalue weighted by molar-refractivity contribution is 0.580. The van der Waals surface area contributed by atoms with E-state index in [4.69, 9.17) is 0 Å². The molecular weight excluding hydrogens is 353 g/mol. The summed E-state index contributed by atoms with van der Waals surface area (Å²) in [7, 11) is -3.62. The average molecular weight is 364 g/mol. The predicted molar refractivity (Wildman–Crippen MR) is 77.3 cm³/mol. The molecular formula is C12H11BrFNO2S2. The van der Waals surface area contributed by atoms with E-state index in [1.807, 2.05) is 16.8 Å². The van der Waals surface area contributed by atoms with Gasteiger partial charge in [-0.3, -0.25) is 0 Å². The largest absolute Gasteiger partial charge is 0.241 e. The topological polar surface area (TPSA) is 46.2 Å². The first-order chi connectivity index (χ1) is 8.99. The third-order valence-electron chi connectivity index (χ3n) is 2.47. The Morgan fingerprint density at radius 2 is 2.11 bits per heavy atom. The summed E-state index contributed by atoms with van der Waals surface area (Å²) in [6.07, 6.45) is 0.627. The minimum atomic E-state index is -3.62. The lowest BCUT2D eigenvalue weighted by Crippen LogP contribution is -2.26. The summed E-state index contributed by atoms with van der Waals surface area (Å²) >= 11 is 4.63. The smallest absolute Gasteiger partial charge is 0.211 e. The molecule has 0 aliphatic carbocycles. The molecule has 0 bridgehead atoms. The zero-order valence-corrected chi connectivity index (χ0v) is 13.0. The number of thiophene rings is 1. The third kappa shape index (κ3) is 3.85. The van der Waals surface area contributed by atoms with Crippen molar-refractivity contribution in [2.75, 3.05) is 6.54 Å². The highest BCUT2D eigenvalue weighted by molar-refractivity contribution is 9.10. The summed E-state index contributed by atoms with van der Waals surface area (Å²) in [5.74, 6) is -0.482. The second kappa shape index (κ2) is 6.13. The molecule has 1 heterocycles. The lowest BCUT2D eigenvalue weighted by atomic mass is 10.2. The molecule has 2 rings (SSSR count). The SMILES string of the molecule is O=S(=O)(NCCc1ccsc1)c1ccc(F)cc1Br. The normalized spacial score (nSPS) is 11.7. The van der Waals surface area contributed by atoms with Crippen molar-refractivity contribution in [1.29, 1.82) is 0 Å². The third-order valence-corrected chi connectivity index (χ3v) is 5.64. The Balaban J connectivity index is 2.05. The first kappa shape index (κ1) is 14.6. The van der Waals surface area contributed by atoms with E-state index in [-0.39, 0.29) is 9.37 Å². The summed E-state index contributed by atoms with van der Waals surface area (Å²) < 4.78 is 39.7. The molecule has 0 saturated carbocycles. The molecule has 0 unspecified atom stereocenters.